The van der Waals surface area contributed by atoms with Crippen molar-refractivity contribution < 1.29 is 22.7 Å². The van der Waals surface area contributed by atoms with Crippen molar-refractivity contribution in [3.05, 3.63) is 54.1 Å². The van der Waals surface area contributed by atoms with E-state index in [0.29, 0.717) is 5.92 Å². The molecular formula is C25H32F3N5O2. The number of aromatic nitrogens is 2. The number of hydrogen-bond donors (Lipinski definition) is 1. The van der Waals surface area contributed by atoms with Gasteiger partial charge in [-0.1, -0.05) is 37.3 Å². The average molecular weight is 492 g/mol. The second-order valence-electron chi connectivity index (χ2n) is 10.2. The lowest BCUT2D eigenvalue weighted by molar-refractivity contribution is -0.144. The second-order valence-corrected chi connectivity index (χ2v) is 10.2. The van der Waals surface area contributed by atoms with Crippen LogP contribution in [0.4, 0.5) is 23.7 Å². The molecule has 1 saturated heterocycles. The maximum absolute atomic E-state index is 12.9. The van der Waals surface area contributed by atoms with Crippen molar-refractivity contribution in [2.45, 2.75) is 44.3 Å². The quantitative estimate of drug-likeness (QED) is 0.619. The van der Waals surface area contributed by atoms with E-state index in [0.717, 1.165) is 57.8 Å². The number of nitrogens with zero attached hydrogens (tertiary/aromatic N) is 4. The number of carbonyl (C=O) groups is 1. The molecule has 2 amide bonds. The van der Waals surface area contributed by atoms with Crippen molar-refractivity contribution in [3.8, 4) is 0 Å². The summed E-state index contributed by atoms with van der Waals surface area (Å²) >= 11 is 0. The molecule has 0 atom stereocenters. The molecule has 2 aliphatic rings. The molecule has 2 aromatic rings. The van der Waals surface area contributed by atoms with Crippen molar-refractivity contribution in [3.63, 3.8) is 0 Å². The van der Waals surface area contributed by atoms with Gasteiger partial charge in [0.15, 0.2) is 0 Å². The van der Waals surface area contributed by atoms with Crippen molar-refractivity contribution in [1.82, 2.24) is 14.9 Å². The molecule has 1 saturated carbocycles. The number of carbonyl (C=O) groups excluding carboxylic acids is 1. The van der Waals surface area contributed by atoms with E-state index in [-0.39, 0.29) is 23.2 Å². The predicted molar refractivity (Wildman–Crippen MR) is 126 cm³/mol. The summed E-state index contributed by atoms with van der Waals surface area (Å²) < 4.78 is 43.9. The highest BCUT2D eigenvalue weighted by Gasteiger charge is 2.45. The van der Waals surface area contributed by atoms with Crippen molar-refractivity contribution in [1.29, 1.82) is 0 Å². The summed E-state index contributed by atoms with van der Waals surface area (Å²) in [6.07, 6.45) is 0.771. The summed E-state index contributed by atoms with van der Waals surface area (Å²) in [5.74, 6) is -0.721. The van der Waals surface area contributed by atoms with E-state index >= 15 is 0 Å². The maximum atomic E-state index is 12.9. The molecule has 7 nitrogen and oxygen atoms in total. The largest absolute Gasteiger partial charge is 0.451 e. The van der Waals surface area contributed by atoms with E-state index in [9.17, 15) is 18.0 Å². The van der Waals surface area contributed by atoms with E-state index in [4.69, 9.17) is 10.5 Å². The van der Waals surface area contributed by atoms with Gasteiger partial charge in [0, 0.05) is 24.5 Å². The van der Waals surface area contributed by atoms with Gasteiger partial charge in [-0.25, -0.2) is 14.8 Å². The zero-order valence-corrected chi connectivity index (χ0v) is 20.1. The summed E-state index contributed by atoms with van der Waals surface area (Å²) in [4.78, 5) is 22.8. The predicted octanol–water partition coefficient (Wildman–Crippen LogP) is 4.43. The number of benzene rings is 1. The first-order valence-corrected chi connectivity index (χ1v) is 11.8. The SMILES string of the molecule is CN(CC1COC1)[C@]1(c2ccccc2)CC[C@@](C)(CN(C(N)=O)c2cnc(C(F)(F)F)nc2)CC1. The first-order valence-electron chi connectivity index (χ1n) is 11.8. The van der Waals surface area contributed by atoms with E-state index in [1.165, 1.54) is 10.5 Å². The van der Waals surface area contributed by atoms with Crippen LogP contribution in [0.15, 0.2) is 42.7 Å². The Balaban J connectivity index is 1.52. The minimum Gasteiger partial charge on any atom is -0.381 e. The topological polar surface area (TPSA) is 84.6 Å². The first-order chi connectivity index (χ1) is 16.5. The lowest BCUT2D eigenvalue weighted by Gasteiger charge is -2.52. The molecule has 0 unspecified atom stereocenters. The number of ether oxygens (including phenoxy) is 1. The third-order valence-electron chi connectivity index (χ3n) is 7.57. The summed E-state index contributed by atoms with van der Waals surface area (Å²) in [5.41, 5.74) is 6.66. The second kappa shape index (κ2) is 9.73. The summed E-state index contributed by atoms with van der Waals surface area (Å²) in [5, 5.41) is 0. The molecule has 0 bridgehead atoms. The summed E-state index contributed by atoms with van der Waals surface area (Å²) in [6.45, 7) is 4.90. The Kier molecular flexibility index (Phi) is 7.06. The van der Waals surface area contributed by atoms with Crippen LogP contribution in [0.2, 0.25) is 0 Å². The van der Waals surface area contributed by atoms with Crippen LogP contribution in [0.5, 0.6) is 0 Å². The highest BCUT2D eigenvalue weighted by atomic mass is 19.4. The smallest absolute Gasteiger partial charge is 0.381 e. The van der Waals surface area contributed by atoms with E-state index in [1.807, 2.05) is 6.07 Å². The van der Waals surface area contributed by atoms with Gasteiger partial charge in [0.2, 0.25) is 5.82 Å². The fourth-order valence-electron chi connectivity index (χ4n) is 5.30. The molecule has 1 aromatic heterocycles. The average Bonchev–Trinajstić information content (AvgIpc) is 2.80. The monoisotopic (exact) mass is 491 g/mol. The van der Waals surface area contributed by atoms with Gasteiger partial charge in [-0.15, -0.1) is 0 Å². The third-order valence-corrected chi connectivity index (χ3v) is 7.57. The van der Waals surface area contributed by atoms with Gasteiger partial charge in [-0.3, -0.25) is 9.80 Å². The van der Waals surface area contributed by atoms with Crippen LogP contribution in [-0.4, -0.2) is 54.2 Å². The van der Waals surface area contributed by atoms with Gasteiger partial charge >= 0.3 is 12.2 Å². The van der Waals surface area contributed by atoms with Gasteiger partial charge in [0.25, 0.3) is 0 Å². The highest BCUT2D eigenvalue weighted by Crippen LogP contribution is 2.49. The number of amides is 2. The lowest BCUT2D eigenvalue weighted by atomic mass is 9.65. The first kappa shape index (κ1) is 25.4. The number of primary amides is 1. The number of rotatable bonds is 7. The van der Waals surface area contributed by atoms with Crippen molar-refractivity contribution in [2.24, 2.45) is 17.1 Å². The van der Waals surface area contributed by atoms with E-state index in [2.05, 4.69) is 53.1 Å². The highest BCUT2D eigenvalue weighted by molar-refractivity contribution is 5.90. The van der Waals surface area contributed by atoms with Crippen LogP contribution in [0.3, 0.4) is 0 Å². The lowest BCUT2D eigenvalue weighted by Crippen LogP contribution is -2.53. The third kappa shape index (κ3) is 5.43. The molecule has 4 rings (SSSR count). The van der Waals surface area contributed by atoms with Gasteiger partial charge in [0.1, 0.15) is 0 Å². The molecule has 2 fully saturated rings. The van der Waals surface area contributed by atoms with E-state index < -0.39 is 18.0 Å². The molecular weight excluding hydrogens is 459 g/mol. The van der Waals surface area contributed by atoms with Crippen LogP contribution in [-0.2, 0) is 16.5 Å². The number of urea groups is 1. The van der Waals surface area contributed by atoms with Crippen LogP contribution in [0.1, 0.15) is 44.0 Å². The fraction of sp³-hybridized carbons (Fsp3) is 0.560. The normalized spacial score (nSPS) is 25.3. The molecule has 190 valence electrons. The van der Waals surface area contributed by atoms with Crippen molar-refractivity contribution in [2.75, 3.05) is 38.3 Å². The maximum Gasteiger partial charge on any atom is 0.451 e. The van der Waals surface area contributed by atoms with Crippen LogP contribution < -0.4 is 10.6 Å². The molecule has 35 heavy (non-hydrogen) atoms. The summed E-state index contributed by atoms with van der Waals surface area (Å²) in [6, 6.07) is 9.74. The molecule has 10 heteroatoms. The molecule has 0 radical (unpaired) electrons. The fourth-order valence-corrected chi connectivity index (χ4v) is 5.30. The molecule has 2 N–H and O–H groups in total. The van der Waals surface area contributed by atoms with Gasteiger partial charge < -0.3 is 10.5 Å². The minimum atomic E-state index is -4.65. The standard InChI is InChI=1S/C25H32F3N5O2/c1-23(17-33(22(29)34)20-12-30-21(31-13-20)25(26,27)28)8-10-24(11-9-23,19-6-4-3-5-7-19)32(2)14-18-15-35-16-18/h3-7,12-13,18H,8-11,14-17H2,1-2H3,(H2,29,34)/t23-,24-. The number of nitrogens with two attached hydrogens (primary N) is 1. The zero-order chi connectivity index (χ0) is 25.3. The molecule has 2 heterocycles. The van der Waals surface area contributed by atoms with Crippen molar-refractivity contribution >= 4 is 11.7 Å². The van der Waals surface area contributed by atoms with Crippen LogP contribution >= 0.6 is 0 Å². The molecule has 1 aromatic carbocycles. The Morgan fingerprint density at radius 3 is 2.20 bits per heavy atom. The van der Waals surface area contributed by atoms with Gasteiger partial charge in [-0.2, -0.15) is 13.2 Å². The number of hydrogen-bond acceptors (Lipinski definition) is 5. The van der Waals surface area contributed by atoms with Gasteiger partial charge in [-0.05, 0) is 43.7 Å². The Hall–Kier alpha value is -2.72. The Morgan fingerprint density at radius 2 is 1.71 bits per heavy atom. The molecule has 1 aliphatic carbocycles. The Labute approximate surface area is 203 Å². The summed E-state index contributed by atoms with van der Waals surface area (Å²) in [7, 11) is 2.17. The zero-order valence-electron chi connectivity index (χ0n) is 20.1. The molecule has 1 aliphatic heterocycles. The molecule has 0 spiro atoms. The van der Waals surface area contributed by atoms with Crippen LogP contribution in [0.25, 0.3) is 0 Å². The minimum absolute atomic E-state index is 0.134. The Bertz CT molecular complexity index is 1000. The number of halogens is 3. The Morgan fingerprint density at radius 1 is 1.11 bits per heavy atom. The van der Waals surface area contributed by atoms with E-state index in [1.54, 1.807) is 0 Å². The number of anilines is 1. The number of alkyl halides is 3. The van der Waals surface area contributed by atoms with Gasteiger partial charge in [0.05, 0.1) is 31.3 Å². The van der Waals surface area contributed by atoms with Crippen LogP contribution in [0, 0.1) is 11.3 Å².